The standard InChI is InChI=1S/C23H24ClF4N5O3/c1-2-31-7-9-32(10-8-31)23(36)33(16-5-6-18(25)17(24)12-16)13-15-4-3-14(11-19(15)26)21(34)29-30-22(35)20(27)28/h3-6,11-12,20H,2,7-10,13H2,1H3,(H,29,34)(H,30,35). The number of carbonyl (C=O) groups is 3. The highest BCUT2D eigenvalue weighted by Crippen LogP contribution is 2.26. The lowest BCUT2D eigenvalue weighted by atomic mass is 10.1. The summed E-state index contributed by atoms with van der Waals surface area (Å²) < 4.78 is 53.2. The second-order valence-corrected chi connectivity index (χ2v) is 8.35. The molecule has 8 nitrogen and oxygen atoms in total. The summed E-state index contributed by atoms with van der Waals surface area (Å²) in [7, 11) is 0. The number of nitrogens with zero attached hydrogens (tertiary/aromatic N) is 3. The zero-order valence-electron chi connectivity index (χ0n) is 19.2. The molecule has 2 aromatic rings. The Bertz CT molecular complexity index is 1130. The Balaban J connectivity index is 1.81. The molecule has 0 bridgehead atoms. The first-order valence-electron chi connectivity index (χ1n) is 11.0. The van der Waals surface area contributed by atoms with Gasteiger partial charge < -0.3 is 9.80 Å². The maximum Gasteiger partial charge on any atom is 0.324 e. The van der Waals surface area contributed by atoms with Gasteiger partial charge in [0.1, 0.15) is 11.6 Å². The third-order valence-electron chi connectivity index (χ3n) is 5.68. The molecule has 4 amide bonds. The summed E-state index contributed by atoms with van der Waals surface area (Å²) in [5.41, 5.74) is 3.32. The van der Waals surface area contributed by atoms with Crippen LogP contribution in [0.1, 0.15) is 22.8 Å². The molecule has 2 N–H and O–H groups in total. The number of hydrogen-bond acceptors (Lipinski definition) is 4. The van der Waals surface area contributed by atoms with E-state index in [4.69, 9.17) is 11.6 Å². The lowest BCUT2D eigenvalue weighted by molar-refractivity contribution is -0.132. The summed E-state index contributed by atoms with van der Waals surface area (Å²) in [6, 6.07) is 6.60. The number of hydrazine groups is 1. The fraction of sp³-hybridized carbons (Fsp3) is 0.348. The Hall–Kier alpha value is -3.38. The van der Waals surface area contributed by atoms with E-state index in [1.165, 1.54) is 34.6 Å². The minimum Gasteiger partial charge on any atom is -0.322 e. The van der Waals surface area contributed by atoms with Crippen molar-refractivity contribution in [2.75, 3.05) is 37.6 Å². The second kappa shape index (κ2) is 12.0. The van der Waals surface area contributed by atoms with Crippen LogP contribution >= 0.6 is 11.6 Å². The van der Waals surface area contributed by atoms with Crippen molar-refractivity contribution < 1.29 is 31.9 Å². The Morgan fingerprint density at radius 2 is 1.69 bits per heavy atom. The molecule has 1 fully saturated rings. The second-order valence-electron chi connectivity index (χ2n) is 7.94. The van der Waals surface area contributed by atoms with Crippen LogP contribution in [0.25, 0.3) is 0 Å². The summed E-state index contributed by atoms with van der Waals surface area (Å²) in [5, 5.41) is -0.209. The van der Waals surface area contributed by atoms with Gasteiger partial charge in [0, 0.05) is 43.0 Å². The van der Waals surface area contributed by atoms with Crippen LogP contribution in [0.3, 0.4) is 0 Å². The van der Waals surface area contributed by atoms with E-state index in [2.05, 4.69) is 4.90 Å². The summed E-state index contributed by atoms with van der Waals surface area (Å²) in [4.78, 5) is 41.4. The van der Waals surface area contributed by atoms with Crippen LogP contribution in [-0.2, 0) is 11.3 Å². The van der Waals surface area contributed by atoms with E-state index in [1.54, 1.807) is 10.3 Å². The summed E-state index contributed by atoms with van der Waals surface area (Å²) in [6.07, 6.45) is -3.34. The molecule has 194 valence electrons. The molecule has 0 aliphatic carbocycles. The maximum absolute atomic E-state index is 14.9. The number of carbonyl (C=O) groups excluding carboxylic acids is 3. The average Bonchev–Trinajstić information content (AvgIpc) is 2.87. The van der Waals surface area contributed by atoms with Gasteiger partial charge in [0.2, 0.25) is 0 Å². The Kier molecular flexibility index (Phi) is 9.10. The van der Waals surface area contributed by atoms with Gasteiger partial charge in [-0.3, -0.25) is 25.3 Å². The summed E-state index contributed by atoms with van der Waals surface area (Å²) >= 11 is 5.92. The molecule has 3 rings (SSSR count). The highest BCUT2D eigenvalue weighted by molar-refractivity contribution is 6.31. The molecule has 0 saturated carbocycles. The molecule has 1 heterocycles. The topological polar surface area (TPSA) is 85.0 Å². The Morgan fingerprint density at radius 1 is 1.00 bits per heavy atom. The van der Waals surface area contributed by atoms with E-state index >= 15 is 0 Å². The van der Waals surface area contributed by atoms with Gasteiger partial charge in [0.15, 0.2) is 0 Å². The molecular weight excluding hydrogens is 506 g/mol. The molecule has 1 aliphatic heterocycles. The number of hydrogen-bond donors (Lipinski definition) is 2. The van der Waals surface area contributed by atoms with E-state index in [0.717, 1.165) is 18.7 Å². The largest absolute Gasteiger partial charge is 0.324 e. The summed E-state index contributed by atoms with van der Waals surface area (Å²) in [5.74, 6) is -4.26. The number of rotatable bonds is 6. The number of benzene rings is 2. The molecule has 0 spiro atoms. The zero-order valence-corrected chi connectivity index (χ0v) is 20.0. The minimum atomic E-state index is -3.34. The molecule has 1 saturated heterocycles. The van der Waals surface area contributed by atoms with Crippen molar-refractivity contribution >= 4 is 35.1 Å². The number of urea groups is 1. The lowest BCUT2D eigenvalue weighted by Gasteiger charge is -2.37. The van der Waals surface area contributed by atoms with Crippen LogP contribution in [-0.4, -0.2) is 66.8 Å². The van der Waals surface area contributed by atoms with Crippen LogP contribution in [0.5, 0.6) is 0 Å². The molecule has 2 aromatic carbocycles. The highest BCUT2D eigenvalue weighted by Gasteiger charge is 2.27. The molecule has 13 heteroatoms. The number of halogens is 5. The summed E-state index contributed by atoms with van der Waals surface area (Å²) in [6.45, 7) is 4.83. The average molecular weight is 530 g/mol. The molecule has 0 unspecified atom stereocenters. The fourth-order valence-corrected chi connectivity index (χ4v) is 3.76. The fourth-order valence-electron chi connectivity index (χ4n) is 3.58. The van der Waals surface area contributed by atoms with Crippen molar-refractivity contribution in [1.29, 1.82) is 0 Å². The highest BCUT2D eigenvalue weighted by atomic mass is 35.5. The number of likely N-dealkylation sites (N-methyl/N-ethyl adjacent to an activating group) is 1. The predicted molar refractivity (Wildman–Crippen MR) is 125 cm³/mol. The Labute approximate surface area is 209 Å². The van der Waals surface area contributed by atoms with Crippen molar-refractivity contribution in [2.45, 2.75) is 19.9 Å². The van der Waals surface area contributed by atoms with Crippen molar-refractivity contribution in [3.63, 3.8) is 0 Å². The van der Waals surface area contributed by atoms with Crippen LogP contribution < -0.4 is 15.8 Å². The quantitative estimate of drug-likeness (QED) is 0.444. The third-order valence-corrected chi connectivity index (χ3v) is 5.97. The van der Waals surface area contributed by atoms with E-state index in [-0.39, 0.29) is 28.4 Å². The maximum atomic E-state index is 14.9. The minimum absolute atomic E-state index is 0.0316. The Morgan fingerprint density at radius 3 is 2.28 bits per heavy atom. The number of piperazine rings is 1. The molecule has 0 radical (unpaired) electrons. The van der Waals surface area contributed by atoms with Crippen molar-refractivity contribution in [2.24, 2.45) is 0 Å². The van der Waals surface area contributed by atoms with Gasteiger partial charge in [0.25, 0.3) is 5.91 Å². The molecular formula is C23H24ClF4N5O3. The monoisotopic (exact) mass is 529 g/mol. The van der Waals surface area contributed by atoms with Gasteiger partial charge >= 0.3 is 18.4 Å². The first-order valence-corrected chi connectivity index (χ1v) is 11.4. The molecule has 0 atom stereocenters. The predicted octanol–water partition coefficient (Wildman–Crippen LogP) is 3.41. The van der Waals surface area contributed by atoms with Crippen molar-refractivity contribution in [1.82, 2.24) is 20.7 Å². The molecule has 1 aliphatic rings. The first-order chi connectivity index (χ1) is 17.1. The normalized spacial score (nSPS) is 14.0. The van der Waals surface area contributed by atoms with Crippen LogP contribution in [0.2, 0.25) is 5.02 Å². The van der Waals surface area contributed by atoms with Gasteiger partial charge in [-0.1, -0.05) is 24.6 Å². The van der Waals surface area contributed by atoms with Crippen LogP contribution in [0, 0.1) is 11.6 Å². The van der Waals surface area contributed by atoms with E-state index < -0.39 is 35.9 Å². The van der Waals surface area contributed by atoms with Crippen LogP contribution in [0.4, 0.5) is 28.0 Å². The zero-order chi connectivity index (χ0) is 26.4. The van der Waals surface area contributed by atoms with Gasteiger partial charge in [0.05, 0.1) is 11.6 Å². The number of amides is 4. The third kappa shape index (κ3) is 6.64. The van der Waals surface area contributed by atoms with Crippen molar-refractivity contribution in [3.05, 3.63) is 64.2 Å². The number of anilines is 1. The van der Waals surface area contributed by atoms with E-state index in [0.29, 0.717) is 26.2 Å². The van der Waals surface area contributed by atoms with Gasteiger partial charge in [-0.25, -0.2) is 13.6 Å². The van der Waals surface area contributed by atoms with Gasteiger partial charge in [-0.2, -0.15) is 8.78 Å². The number of nitrogens with one attached hydrogen (secondary N) is 2. The lowest BCUT2D eigenvalue weighted by Crippen LogP contribution is -2.52. The van der Waals surface area contributed by atoms with Crippen molar-refractivity contribution in [3.8, 4) is 0 Å². The van der Waals surface area contributed by atoms with Gasteiger partial charge in [-0.15, -0.1) is 0 Å². The SMILES string of the molecule is CCN1CCN(C(=O)N(Cc2ccc(C(=O)NNC(=O)C(F)F)cc2F)c2ccc(F)c(Cl)c2)CC1. The molecule has 36 heavy (non-hydrogen) atoms. The smallest absolute Gasteiger partial charge is 0.322 e. The number of alkyl halides is 2. The van der Waals surface area contributed by atoms with Crippen LogP contribution in [0.15, 0.2) is 36.4 Å². The first kappa shape index (κ1) is 27.2. The van der Waals surface area contributed by atoms with E-state index in [1.807, 2.05) is 6.92 Å². The molecule has 0 aromatic heterocycles. The van der Waals surface area contributed by atoms with Gasteiger partial charge in [-0.05, 0) is 36.9 Å². The van der Waals surface area contributed by atoms with E-state index in [9.17, 15) is 31.9 Å².